The van der Waals surface area contributed by atoms with E-state index >= 15 is 0 Å². The third-order valence-corrected chi connectivity index (χ3v) is 2.16. The Labute approximate surface area is 110 Å². The van der Waals surface area contributed by atoms with E-state index in [-0.39, 0.29) is 23.6 Å². The number of ether oxygens (including phenoxy) is 2. The molecule has 0 saturated heterocycles. The van der Waals surface area contributed by atoms with E-state index in [2.05, 4.69) is 11.2 Å². The van der Waals surface area contributed by atoms with Crippen molar-refractivity contribution in [2.75, 3.05) is 20.3 Å². The molecule has 100 valence electrons. The highest BCUT2D eigenvalue weighted by atomic mass is 16.5. The van der Waals surface area contributed by atoms with Gasteiger partial charge in [0.05, 0.1) is 13.7 Å². The van der Waals surface area contributed by atoms with Crippen molar-refractivity contribution in [3.63, 3.8) is 0 Å². The molecular weight excluding hydrogens is 250 g/mol. The Hall–Kier alpha value is -2.68. The van der Waals surface area contributed by atoms with E-state index in [4.69, 9.17) is 15.9 Å². The van der Waals surface area contributed by atoms with Crippen molar-refractivity contribution >= 4 is 11.9 Å². The van der Waals surface area contributed by atoms with Crippen LogP contribution in [0.2, 0.25) is 0 Å². The molecule has 0 fully saturated rings. The van der Waals surface area contributed by atoms with Gasteiger partial charge in [-0.15, -0.1) is 6.42 Å². The van der Waals surface area contributed by atoms with Crippen LogP contribution in [-0.4, -0.2) is 37.2 Å². The van der Waals surface area contributed by atoms with Crippen molar-refractivity contribution in [2.45, 2.75) is 0 Å². The van der Waals surface area contributed by atoms with Gasteiger partial charge in [-0.25, -0.2) is 4.79 Å². The Bertz CT molecular complexity index is 518. The van der Waals surface area contributed by atoms with Gasteiger partial charge in [0, 0.05) is 0 Å². The number of esters is 1. The summed E-state index contributed by atoms with van der Waals surface area (Å²) in [7, 11) is 1.36. The van der Waals surface area contributed by atoms with Crippen LogP contribution in [0.4, 0.5) is 0 Å². The number of benzene rings is 1. The summed E-state index contributed by atoms with van der Waals surface area (Å²) in [5.41, 5.74) is -0.0795. The summed E-state index contributed by atoms with van der Waals surface area (Å²) in [5.74, 6) is 0.677. The number of rotatable bonds is 5. The molecule has 0 radical (unpaired) electrons. The van der Waals surface area contributed by atoms with Crippen LogP contribution >= 0.6 is 0 Å². The Morgan fingerprint density at radius 1 is 1.47 bits per heavy atom. The fourth-order valence-electron chi connectivity index (χ4n) is 1.26. The number of terminal acetylenes is 1. The van der Waals surface area contributed by atoms with Crippen LogP contribution in [0.1, 0.15) is 10.4 Å². The van der Waals surface area contributed by atoms with Gasteiger partial charge >= 0.3 is 5.97 Å². The van der Waals surface area contributed by atoms with Crippen molar-refractivity contribution in [2.24, 2.45) is 0 Å². The summed E-state index contributed by atoms with van der Waals surface area (Å²) in [6, 6.07) is 4.37. The molecule has 6 heteroatoms. The first-order chi connectivity index (χ1) is 9.10. The summed E-state index contributed by atoms with van der Waals surface area (Å²) in [6.45, 7) is -0.419. The Morgan fingerprint density at radius 3 is 2.84 bits per heavy atom. The number of nitrogens with one attached hydrogen (secondary N) is 1. The van der Waals surface area contributed by atoms with Gasteiger partial charge < -0.3 is 19.9 Å². The van der Waals surface area contributed by atoms with Crippen molar-refractivity contribution < 1.29 is 24.2 Å². The molecule has 0 aliphatic heterocycles. The van der Waals surface area contributed by atoms with Crippen molar-refractivity contribution in [3.8, 4) is 23.8 Å². The SMILES string of the molecule is C#CCNC(=O)COC(=O)c1cccc(OC)c1O. The normalized spacial score (nSPS) is 9.26. The number of amides is 1. The molecule has 19 heavy (non-hydrogen) atoms. The van der Waals surface area contributed by atoms with Gasteiger partial charge in [0.25, 0.3) is 5.91 Å². The highest BCUT2D eigenvalue weighted by Gasteiger charge is 2.17. The lowest BCUT2D eigenvalue weighted by Gasteiger charge is -2.08. The number of aromatic hydroxyl groups is 1. The predicted octanol–water partition coefficient (Wildman–Crippen LogP) is 0.307. The standard InChI is InChI=1S/C13H13NO5/c1-3-7-14-11(15)8-19-13(17)9-5-4-6-10(18-2)12(9)16/h1,4-6,16H,7-8H2,2H3,(H,14,15). The molecule has 0 unspecified atom stereocenters. The molecular formula is C13H13NO5. The van der Waals surface area contributed by atoms with E-state index in [9.17, 15) is 14.7 Å². The average molecular weight is 263 g/mol. The molecule has 6 nitrogen and oxygen atoms in total. The zero-order chi connectivity index (χ0) is 14.3. The van der Waals surface area contributed by atoms with Gasteiger partial charge in [0.1, 0.15) is 5.56 Å². The minimum absolute atomic E-state index is 0.0563. The summed E-state index contributed by atoms with van der Waals surface area (Å²) in [6.07, 6.45) is 4.96. The summed E-state index contributed by atoms with van der Waals surface area (Å²) < 4.78 is 9.59. The van der Waals surface area contributed by atoms with E-state index < -0.39 is 18.5 Å². The highest BCUT2D eigenvalue weighted by Crippen LogP contribution is 2.29. The number of carbonyl (C=O) groups is 2. The fourth-order valence-corrected chi connectivity index (χ4v) is 1.26. The second kappa shape index (κ2) is 6.91. The zero-order valence-corrected chi connectivity index (χ0v) is 10.3. The van der Waals surface area contributed by atoms with Gasteiger partial charge in [0.2, 0.25) is 0 Å². The number of hydrogen-bond acceptors (Lipinski definition) is 5. The lowest BCUT2D eigenvalue weighted by molar-refractivity contribution is -0.123. The maximum Gasteiger partial charge on any atom is 0.342 e. The van der Waals surface area contributed by atoms with Gasteiger partial charge in [-0.2, -0.15) is 0 Å². The largest absolute Gasteiger partial charge is 0.504 e. The van der Waals surface area contributed by atoms with E-state index in [0.717, 1.165) is 0 Å². The van der Waals surface area contributed by atoms with Crippen molar-refractivity contribution in [1.29, 1.82) is 0 Å². The maximum absolute atomic E-state index is 11.7. The first kappa shape index (κ1) is 14.4. The number of carbonyl (C=O) groups excluding carboxylic acids is 2. The van der Waals surface area contributed by atoms with Crippen LogP contribution in [0.5, 0.6) is 11.5 Å². The van der Waals surface area contributed by atoms with Crippen molar-refractivity contribution in [3.05, 3.63) is 23.8 Å². The van der Waals surface area contributed by atoms with E-state index in [0.29, 0.717) is 0 Å². The second-order valence-corrected chi connectivity index (χ2v) is 3.41. The molecule has 0 aliphatic rings. The van der Waals surface area contributed by atoms with Crippen LogP contribution in [0.25, 0.3) is 0 Å². The number of para-hydroxylation sites is 1. The summed E-state index contributed by atoms with van der Waals surface area (Å²) >= 11 is 0. The highest BCUT2D eigenvalue weighted by molar-refractivity contribution is 5.94. The molecule has 1 aromatic rings. The zero-order valence-electron chi connectivity index (χ0n) is 10.3. The molecule has 0 saturated carbocycles. The lowest BCUT2D eigenvalue weighted by atomic mass is 10.2. The maximum atomic E-state index is 11.7. The molecule has 0 aromatic heterocycles. The Morgan fingerprint density at radius 2 is 2.21 bits per heavy atom. The third kappa shape index (κ3) is 3.92. The van der Waals surface area contributed by atoms with Crippen LogP contribution < -0.4 is 10.1 Å². The smallest absolute Gasteiger partial charge is 0.342 e. The number of phenolic OH excluding ortho intramolecular Hbond substituents is 1. The predicted molar refractivity (Wildman–Crippen MR) is 66.8 cm³/mol. The molecule has 0 atom stereocenters. The minimum Gasteiger partial charge on any atom is -0.504 e. The fraction of sp³-hybridized carbons (Fsp3) is 0.231. The monoisotopic (exact) mass is 263 g/mol. The Balaban J connectivity index is 2.64. The van der Waals surface area contributed by atoms with E-state index in [1.807, 2.05) is 0 Å². The number of hydrogen-bond donors (Lipinski definition) is 2. The van der Waals surface area contributed by atoms with Gasteiger partial charge in [-0.05, 0) is 12.1 Å². The topological polar surface area (TPSA) is 84.9 Å². The van der Waals surface area contributed by atoms with Crippen LogP contribution in [-0.2, 0) is 9.53 Å². The molecule has 1 aromatic carbocycles. The van der Waals surface area contributed by atoms with Crippen LogP contribution in [0, 0.1) is 12.3 Å². The average Bonchev–Trinajstić information content (AvgIpc) is 2.42. The first-order valence-electron chi connectivity index (χ1n) is 5.33. The molecule has 0 heterocycles. The van der Waals surface area contributed by atoms with Crippen LogP contribution in [0.15, 0.2) is 18.2 Å². The first-order valence-corrected chi connectivity index (χ1v) is 5.33. The molecule has 1 amide bonds. The molecule has 2 N–H and O–H groups in total. The molecule has 0 bridgehead atoms. The van der Waals surface area contributed by atoms with Gasteiger partial charge in [-0.3, -0.25) is 4.79 Å². The van der Waals surface area contributed by atoms with Gasteiger partial charge in [0.15, 0.2) is 18.1 Å². The minimum atomic E-state index is -0.827. The van der Waals surface area contributed by atoms with E-state index in [1.54, 1.807) is 0 Å². The summed E-state index contributed by atoms with van der Waals surface area (Å²) in [4.78, 5) is 22.8. The van der Waals surface area contributed by atoms with E-state index in [1.165, 1.54) is 25.3 Å². The molecule has 1 rings (SSSR count). The summed E-state index contributed by atoms with van der Waals surface area (Å²) in [5, 5.41) is 12.0. The van der Waals surface area contributed by atoms with Crippen molar-refractivity contribution in [1.82, 2.24) is 5.32 Å². The second-order valence-electron chi connectivity index (χ2n) is 3.41. The quantitative estimate of drug-likeness (QED) is 0.590. The molecule has 0 aliphatic carbocycles. The lowest BCUT2D eigenvalue weighted by Crippen LogP contribution is -2.29. The van der Waals surface area contributed by atoms with Crippen LogP contribution in [0.3, 0.4) is 0 Å². The number of methoxy groups -OCH3 is 1. The van der Waals surface area contributed by atoms with Gasteiger partial charge in [-0.1, -0.05) is 12.0 Å². The Kier molecular flexibility index (Phi) is 5.23. The molecule has 0 spiro atoms. The number of phenols is 1. The third-order valence-electron chi connectivity index (χ3n) is 2.16.